The molecule has 0 aliphatic heterocycles. The average Bonchev–Trinajstić information content (AvgIpc) is 2.19. The molecule has 0 atom stereocenters. The van der Waals surface area contributed by atoms with Gasteiger partial charge in [0.2, 0.25) is 0 Å². The Kier molecular flexibility index (Phi) is 3.47. The van der Waals surface area contributed by atoms with Crippen molar-refractivity contribution in [3.8, 4) is 12.3 Å². The van der Waals surface area contributed by atoms with E-state index in [4.69, 9.17) is 16.4 Å². The summed E-state index contributed by atoms with van der Waals surface area (Å²) in [6.45, 7) is 0.0373. The Morgan fingerprint density at radius 1 is 1.79 bits per heavy atom. The summed E-state index contributed by atoms with van der Waals surface area (Å²) >= 11 is 0. The molecule has 1 aromatic heterocycles. The minimum absolute atomic E-state index is 0.0320. The molecule has 0 aliphatic carbocycles. The Hall–Kier alpha value is -2.06. The summed E-state index contributed by atoms with van der Waals surface area (Å²) < 4.78 is 0. The van der Waals surface area contributed by atoms with Gasteiger partial charge in [-0.15, -0.1) is 6.42 Å². The van der Waals surface area contributed by atoms with E-state index in [1.54, 1.807) is 0 Å². The lowest BCUT2D eigenvalue weighted by Gasteiger charge is -2.05. The van der Waals surface area contributed by atoms with Crippen molar-refractivity contribution in [1.29, 1.82) is 0 Å². The van der Waals surface area contributed by atoms with Gasteiger partial charge in [0.05, 0.1) is 0 Å². The summed E-state index contributed by atoms with van der Waals surface area (Å²) in [5.74, 6) is 1.28. The number of carbonyl (C=O) groups is 1. The maximum Gasteiger partial charge on any atom is 0.339 e. The highest BCUT2D eigenvalue weighted by Crippen LogP contribution is 2.10. The van der Waals surface area contributed by atoms with Crippen molar-refractivity contribution >= 4 is 11.8 Å². The second kappa shape index (κ2) is 4.84. The fourth-order valence-corrected chi connectivity index (χ4v) is 0.805. The number of anilines is 1. The normalized spacial score (nSPS) is 9.07. The third kappa shape index (κ3) is 2.47. The second-order valence-corrected chi connectivity index (χ2v) is 2.30. The lowest BCUT2D eigenvalue weighted by Crippen LogP contribution is -2.08. The number of carboxylic acid groups (broad SMARTS) is 1. The van der Waals surface area contributed by atoms with Gasteiger partial charge in [-0.1, -0.05) is 5.92 Å². The lowest BCUT2D eigenvalue weighted by molar-refractivity contribution is 0.0696. The van der Waals surface area contributed by atoms with Crippen LogP contribution in [0.5, 0.6) is 0 Å². The van der Waals surface area contributed by atoms with Crippen LogP contribution < -0.4 is 5.48 Å². The molecule has 0 saturated heterocycles. The van der Waals surface area contributed by atoms with Crippen molar-refractivity contribution in [3.05, 3.63) is 23.9 Å². The van der Waals surface area contributed by atoms with Crippen molar-refractivity contribution in [3.63, 3.8) is 0 Å². The van der Waals surface area contributed by atoms with E-state index in [9.17, 15) is 4.79 Å². The van der Waals surface area contributed by atoms with E-state index >= 15 is 0 Å². The Morgan fingerprint density at radius 2 is 2.57 bits per heavy atom. The molecule has 2 N–H and O–H groups in total. The smallest absolute Gasteiger partial charge is 0.339 e. The maximum atomic E-state index is 10.7. The van der Waals surface area contributed by atoms with E-state index in [1.807, 2.05) is 0 Å². The number of hydrogen-bond acceptors (Lipinski definition) is 4. The summed E-state index contributed by atoms with van der Waals surface area (Å²) in [4.78, 5) is 19.2. The number of pyridine rings is 1. The van der Waals surface area contributed by atoms with Gasteiger partial charge in [-0.2, -0.15) is 0 Å². The van der Waals surface area contributed by atoms with E-state index in [1.165, 1.54) is 18.3 Å². The van der Waals surface area contributed by atoms with E-state index < -0.39 is 5.97 Å². The average molecular weight is 192 g/mol. The Morgan fingerprint density at radius 3 is 3.21 bits per heavy atom. The molecular weight excluding hydrogens is 184 g/mol. The first kappa shape index (κ1) is 10.0. The minimum Gasteiger partial charge on any atom is -0.478 e. The molecule has 0 saturated carbocycles. The van der Waals surface area contributed by atoms with Crippen molar-refractivity contribution in [2.75, 3.05) is 12.1 Å². The van der Waals surface area contributed by atoms with Crippen LogP contribution in [-0.2, 0) is 4.84 Å². The number of rotatable bonds is 4. The zero-order chi connectivity index (χ0) is 10.4. The molecular formula is C9H8N2O3. The van der Waals surface area contributed by atoms with Gasteiger partial charge >= 0.3 is 5.97 Å². The summed E-state index contributed by atoms with van der Waals surface area (Å²) in [5, 5.41) is 8.75. The number of nitrogens with one attached hydrogen (secondary N) is 1. The van der Waals surface area contributed by atoms with Gasteiger partial charge in [0, 0.05) is 6.20 Å². The Bertz CT molecular complexity index is 371. The zero-order valence-corrected chi connectivity index (χ0v) is 7.23. The molecule has 0 spiro atoms. The highest BCUT2D eigenvalue weighted by Gasteiger charge is 2.09. The van der Waals surface area contributed by atoms with E-state index in [0.717, 1.165) is 0 Å². The van der Waals surface area contributed by atoms with Gasteiger partial charge in [0.25, 0.3) is 0 Å². The van der Waals surface area contributed by atoms with Gasteiger partial charge in [0.15, 0.2) is 5.82 Å². The lowest BCUT2D eigenvalue weighted by atomic mass is 10.2. The molecule has 5 nitrogen and oxygen atoms in total. The first-order valence-corrected chi connectivity index (χ1v) is 3.75. The van der Waals surface area contributed by atoms with Crippen LogP contribution in [0.25, 0.3) is 0 Å². The topological polar surface area (TPSA) is 71.5 Å². The fraction of sp³-hybridized carbons (Fsp3) is 0.111. The monoisotopic (exact) mass is 192 g/mol. The SMILES string of the molecule is C#CCONc1ncccc1C(=O)O. The molecule has 0 fully saturated rings. The molecule has 1 heterocycles. The molecule has 0 radical (unpaired) electrons. The fourth-order valence-electron chi connectivity index (χ4n) is 0.805. The van der Waals surface area contributed by atoms with Crippen LogP contribution in [0.3, 0.4) is 0 Å². The van der Waals surface area contributed by atoms with E-state index in [2.05, 4.69) is 16.4 Å². The Labute approximate surface area is 80.7 Å². The van der Waals surface area contributed by atoms with Crippen LogP contribution in [0.15, 0.2) is 18.3 Å². The molecule has 1 aromatic rings. The first-order valence-electron chi connectivity index (χ1n) is 3.75. The minimum atomic E-state index is -1.08. The number of terminal acetylenes is 1. The zero-order valence-electron chi connectivity index (χ0n) is 7.23. The number of aromatic nitrogens is 1. The van der Waals surface area contributed by atoms with Gasteiger partial charge in [0.1, 0.15) is 12.2 Å². The molecule has 14 heavy (non-hydrogen) atoms. The van der Waals surface area contributed by atoms with Crippen LogP contribution in [0.4, 0.5) is 5.82 Å². The summed E-state index contributed by atoms with van der Waals surface area (Å²) in [7, 11) is 0. The highest BCUT2D eigenvalue weighted by atomic mass is 16.6. The third-order valence-electron chi connectivity index (χ3n) is 1.36. The van der Waals surface area contributed by atoms with Crippen LogP contribution in [0, 0.1) is 12.3 Å². The second-order valence-electron chi connectivity index (χ2n) is 2.30. The quantitative estimate of drug-likeness (QED) is 0.418. The highest BCUT2D eigenvalue weighted by molar-refractivity contribution is 5.92. The molecule has 0 unspecified atom stereocenters. The van der Waals surface area contributed by atoms with Crippen molar-refractivity contribution in [2.45, 2.75) is 0 Å². The van der Waals surface area contributed by atoms with Crippen LogP contribution in [-0.4, -0.2) is 22.7 Å². The van der Waals surface area contributed by atoms with Crippen molar-refractivity contribution in [1.82, 2.24) is 4.98 Å². The van der Waals surface area contributed by atoms with Crippen molar-refractivity contribution < 1.29 is 14.7 Å². The van der Waals surface area contributed by atoms with E-state index in [-0.39, 0.29) is 18.0 Å². The third-order valence-corrected chi connectivity index (χ3v) is 1.36. The molecule has 0 amide bonds. The standard InChI is InChI=1S/C9H8N2O3/c1-2-6-14-11-8-7(9(12)13)4-3-5-10-8/h1,3-5H,6H2,(H,10,11)(H,12,13). The van der Waals surface area contributed by atoms with Gasteiger partial charge < -0.3 is 5.11 Å². The Balaban J connectivity index is 2.75. The summed E-state index contributed by atoms with van der Waals surface area (Å²) in [6, 6.07) is 2.94. The van der Waals surface area contributed by atoms with Gasteiger partial charge in [-0.25, -0.2) is 15.3 Å². The molecule has 1 rings (SSSR count). The molecule has 0 aromatic carbocycles. The molecule has 0 bridgehead atoms. The van der Waals surface area contributed by atoms with Crippen LogP contribution in [0.2, 0.25) is 0 Å². The largest absolute Gasteiger partial charge is 0.478 e. The van der Waals surface area contributed by atoms with Gasteiger partial charge in [-0.05, 0) is 12.1 Å². The number of carboxylic acids is 1. The number of hydrogen-bond donors (Lipinski definition) is 2. The summed E-state index contributed by atoms with van der Waals surface area (Å²) in [5.41, 5.74) is 2.39. The predicted molar refractivity (Wildman–Crippen MR) is 49.6 cm³/mol. The molecule has 72 valence electrons. The van der Waals surface area contributed by atoms with Crippen molar-refractivity contribution in [2.24, 2.45) is 0 Å². The molecule has 5 heteroatoms. The first-order chi connectivity index (χ1) is 6.75. The predicted octanol–water partition coefficient (Wildman–Crippen LogP) is 0.756. The molecule has 0 aliphatic rings. The van der Waals surface area contributed by atoms with Crippen LogP contribution in [0.1, 0.15) is 10.4 Å². The van der Waals surface area contributed by atoms with Crippen LogP contribution >= 0.6 is 0 Å². The number of nitrogens with zero attached hydrogens (tertiary/aromatic N) is 1. The maximum absolute atomic E-state index is 10.7. The number of aromatic carboxylic acids is 1. The summed E-state index contributed by atoms with van der Waals surface area (Å²) in [6.07, 6.45) is 6.39. The van der Waals surface area contributed by atoms with E-state index in [0.29, 0.717) is 0 Å². The van der Waals surface area contributed by atoms with Gasteiger partial charge in [-0.3, -0.25) is 4.84 Å².